The smallest absolute Gasteiger partial charge is 0.149 e. The molecule has 2 rings (SSSR count). The standard InChI is InChI=1S/C15H14FNO/c1-11(9-12-5-3-2-4-6-12)18-15-8-7-13(16)10-14(15)17/h2-10H,17H2,1H3/b11-9-. The maximum Gasteiger partial charge on any atom is 0.149 e. The van der Waals surface area contributed by atoms with Gasteiger partial charge in [0.2, 0.25) is 0 Å². The van der Waals surface area contributed by atoms with Gasteiger partial charge in [0.15, 0.2) is 0 Å². The predicted molar refractivity (Wildman–Crippen MR) is 71.5 cm³/mol. The summed E-state index contributed by atoms with van der Waals surface area (Å²) in [6.07, 6.45) is 1.89. The van der Waals surface area contributed by atoms with E-state index in [0.717, 1.165) is 5.56 Å². The van der Waals surface area contributed by atoms with Crippen LogP contribution >= 0.6 is 0 Å². The maximum atomic E-state index is 12.9. The highest BCUT2D eigenvalue weighted by molar-refractivity contribution is 5.55. The number of rotatable bonds is 3. The summed E-state index contributed by atoms with van der Waals surface area (Å²) in [6.45, 7) is 1.83. The van der Waals surface area contributed by atoms with Crippen molar-refractivity contribution in [2.24, 2.45) is 0 Å². The number of hydrogen-bond acceptors (Lipinski definition) is 2. The largest absolute Gasteiger partial charge is 0.460 e. The van der Waals surface area contributed by atoms with Crippen molar-refractivity contribution in [3.05, 3.63) is 65.7 Å². The third kappa shape index (κ3) is 3.10. The van der Waals surface area contributed by atoms with Gasteiger partial charge in [-0.3, -0.25) is 0 Å². The van der Waals surface area contributed by atoms with Crippen LogP contribution in [0.25, 0.3) is 6.08 Å². The van der Waals surface area contributed by atoms with Crippen molar-refractivity contribution >= 4 is 11.8 Å². The summed E-state index contributed by atoms with van der Waals surface area (Å²) >= 11 is 0. The van der Waals surface area contributed by atoms with Crippen molar-refractivity contribution in [2.75, 3.05) is 5.73 Å². The van der Waals surface area contributed by atoms with Gasteiger partial charge in [-0.1, -0.05) is 30.3 Å². The van der Waals surface area contributed by atoms with Crippen LogP contribution in [0.2, 0.25) is 0 Å². The highest BCUT2D eigenvalue weighted by Gasteiger charge is 2.02. The Bertz CT molecular complexity index is 564. The van der Waals surface area contributed by atoms with Crippen molar-refractivity contribution in [1.82, 2.24) is 0 Å². The molecule has 2 N–H and O–H groups in total. The molecule has 2 aromatic carbocycles. The summed E-state index contributed by atoms with van der Waals surface area (Å²) < 4.78 is 18.5. The van der Waals surface area contributed by atoms with Gasteiger partial charge in [-0.25, -0.2) is 4.39 Å². The summed E-state index contributed by atoms with van der Waals surface area (Å²) in [5.74, 6) is 0.783. The lowest BCUT2D eigenvalue weighted by molar-refractivity contribution is 0.434. The Balaban J connectivity index is 2.16. The molecular weight excluding hydrogens is 229 g/mol. The Morgan fingerprint density at radius 3 is 2.56 bits per heavy atom. The molecule has 0 bridgehead atoms. The van der Waals surface area contributed by atoms with E-state index >= 15 is 0 Å². The van der Waals surface area contributed by atoms with Crippen molar-refractivity contribution in [2.45, 2.75) is 6.92 Å². The van der Waals surface area contributed by atoms with Gasteiger partial charge in [0.1, 0.15) is 17.3 Å². The van der Waals surface area contributed by atoms with Gasteiger partial charge in [0, 0.05) is 6.07 Å². The lowest BCUT2D eigenvalue weighted by atomic mass is 10.2. The zero-order valence-electron chi connectivity index (χ0n) is 10.1. The van der Waals surface area contributed by atoms with E-state index in [4.69, 9.17) is 10.5 Å². The fourth-order valence-corrected chi connectivity index (χ4v) is 1.60. The Labute approximate surface area is 106 Å². The molecule has 0 amide bonds. The Morgan fingerprint density at radius 1 is 1.17 bits per heavy atom. The van der Waals surface area contributed by atoms with Crippen LogP contribution in [-0.2, 0) is 0 Å². The minimum Gasteiger partial charge on any atom is -0.460 e. The van der Waals surface area contributed by atoms with Gasteiger partial charge >= 0.3 is 0 Å². The number of hydrogen-bond donors (Lipinski definition) is 1. The van der Waals surface area contributed by atoms with Gasteiger partial charge in [0.05, 0.1) is 5.69 Å². The molecule has 0 spiro atoms. The van der Waals surface area contributed by atoms with Gasteiger partial charge in [0.25, 0.3) is 0 Å². The summed E-state index contributed by atoms with van der Waals surface area (Å²) in [4.78, 5) is 0. The second-order valence-electron chi connectivity index (χ2n) is 3.95. The monoisotopic (exact) mass is 243 g/mol. The van der Waals surface area contributed by atoms with E-state index < -0.39 is 0 Å². The number of nitrogen functional groups attached to an aromatic ring is 1. The van der Waals surface area contributed by atoms with Crippen LogP contribution in [0, 0.1) is 5.82 Å². The van der Waals surface area contributed by atoms with Crippen LogP contribution in [0.3, 0.4) is 0 Å². The first-order chi connectivity index (χ1) is 8.65. The van der Waals surface area contributed by atoms with Crippen LogP contribution < -0.4 is 10.5 Å². The lowest BCUT2D eigenvalue weighted by Crippen LogP contribution is -1.96. The van der Waals surface area contributed by atoms with Crippen molar-refractivity contribution < 1.29 is 9.13 Å². The first-order valence-electron chi connectivity index (χ1n) is 5.61. The number of ether oxygens (including phenoxy) is 1. The van der Waals surface area contributed by atoms with Gasteiger partial charge < -0.3 is 10.5 Å². The normalized spacial score (nSPS) is 11.3. The van der Waals surface area contributed by atoms with Crippen LogP contribution in [-0.4, -0.2) is 0 Å². The number of nitrogens with two attached hydrogens (primary N) is 1. The molecule has 0 aliphatic carbocycles. The van der Waals surface area contributed by atoms with Gasteiger partial charge in [-0.2, -0.15) is 0 Å². The summed E-state index contributed by atoms with van der Waals surface area (Å²) in [6, 6.07) is 13.9. The minimum atomic E-state index is -0.371. The lowest BCUT2D eigenvalue weighted by Gasteiger charge is -2.08. The molecule has 0 unspecified atom stereocenters. The minimum absolute atomic E-state index is 0.288. The molecular formula is C15H14FNO. The highest BCUT2D eigenvalue weighted by Crippen LogP contribution is 2.24. The molecule has 0 atom stereocenters. The molecule has 2 aromatic rings. The molecule has 0 aliphatic rings. The van der Waals surface area contributed by atoms with Crippen molar-refractivity contribution in [1.29, 1.82) is 0 Å². The molecule has 92 valence electrons. The van der Waals surface area contributed by atoms with E-state index in [1.54, 1.807) is 0 Å². The highest BCUT2D eigenvalue weighted by atomic mass is 19.1. The van der Waals surface area contributed by atoms with Crippen LogP contribution in [0.4, 0.5) is 10.1 Å². The Kier molecular flexibility index (Phi) is 3.63. The van der Waals surface area contributed by atoms with E-state index in [-0.39, 0.29) is 11.5 Å². The zero-order valence-corrected chi connectivity index (χ0v) is 10.1. The summed E-state index contributed by atoms with van der Waals surface area (Å²) in [5.41, 5.74) is 7.00. The molecule has 3 heteroatoms. The second-order valence-corrected chi connectivity index (χ2v) is 3.95. The fraction of sp³-hybridized carbons (Fsp3) is 0.0667. The van der Waals surface area contributed by atoms with E-state index in [1.807, 2.05) is 43.3 Å². The predicted octanol–water partition coefficient (Wildman–Crippen LogP) is 3.85. The zero-order chi connectivity index (χ0) is 13.0. The van der Waals surface area contributed by atoms with E-state index in [9.17, 15) is 4.39 Å². The first-order valence-corrected chi connectivity index (χ1v) is 5.61. The van der Waals surface area contributed by atoms with E-state index in [2.05, 4.69) is 0 Å². The molecule has 0 radical (unpaired) electrons. The topological polar surface area (TPSA) is 35.2 Å². The molecule has 0 saturated heterocycles. The van der Waals surface area contributed by atoms with E-state index in [0.29, 0.717) is 11.5 Å². The quantitative estimate of drug-likeness (QED) is 0.656. The number of benzene rings is 2. The molecule has 0 aliphatic heterocycles. The SMILES string of the molecule is C/C(=C/c1ccccc1)Oc1ccc(F)cc1N. The Hall–Kier alpha value is -2.29. The molecule has 0 fully saturated rings. The number of allylic oxidation sites excluding steroid dienone is 1. The average Bonchev–Trinajstić information content (AvgIpc) is 2.34. The van der Waals surface area contributed by atoms with Crippen molar-refractivity contribution in [3.63, 3.8) is 0 Å². The average molecular weight is 243 g/mol. The third-order valence-corrected chi connectivity index (χ3v) is 2.41. The molecule has 0 saturated carbocycles. The van der Waals surface area contributed by atoms with Crippen LogP contribution in [0.1, 0.15) is 12.5 Å². The molecule has 0 aromatic heterocycles. The number of halogens is 1. The van der Waals surface area contributed by atoms with Crippen LogP contribution in [0.5, 0.6) is 5.75 Å². The van der Waals surface area contributed by atoms with Crippen molar-refractivity contribution in [3.8, 4) is 5.75 Å². The second kappa shape index (κ2) is 5.36. The fourth-order valence-electron chi connectivity index (χ4n) is 1.60. The summed E-state index contributed by atoms with van der Waals surface area (Å²) in [5, 5.41) is 0. The molecule has 2 nitrogen and oxygen atoms in total. The molecule has 0 heterocycles. The molecule has 18 heavy (non-hydrogen) atoms. The Morgan fingerprint density at radius 2 is 1.89 bits per heavy atom. The van der Waals surface area contributed by atoms with Crippen LogP contribution in [0.15, 0.2) is 54.3 Å². The summed E-state index contributed by atoms with van der Waals surface area (Å²) in [7, 11) is 0. The maximum absolute atomic E-state index is 12.9. The third-order valence-electron chi connectivity index (χ3n) is 2.41. The van der Waals surface area contributed by atoms with Gasteiger partial charge in [-0.05, 0) is 30.7 Å². The van der Waals surface area contributed by atoms with E-state index in [1.165, 1.54) is 18.2 Å². The van der Waals surface area contributed by atoms with Gasteiger partial charge in [-0.15, -0.1) is 0 Å². The first kappa shape index (κ1) is 12.2. The number of anilines is 1.